The van der Waals surface area contributed by atoms with Crippen LogP contribution in [-0.4, -0.2) is 6.04 Å². The van der Waals surface area contributed by atoms with Crippen molar-refractivity contribution in [3.8, 4) is 0 Å². The van der Waals surface area contributed by atoms with Crippen molar-refractivity contribution < 1.29 is 0 Å². The Kier molecular flexibility index (Phi) is 1.66. The number of hydrogen-bond donors (Lipinski definition) is 1. The summed E-state index contributed by atoms with van der Waals surface area (Å²) < 4.78 is 0. The largest absolute Gasteiger partial charge is 0.327 e. The second-order valence-electron chi connectivity index (χ2n) is 3.35. The molecular formula is C10H13N. The van der Waals surface area contributed by atoms with E-state index >= 15 is 0 Å². The molecule has 0 unspecified atom stereocenters. The van der Waals surface area contributed by atoms with Crippen molar-refractivity contribution in [2.24, 2.45) is 11.7 Å². The van der Waals surface area contributed by atoms with Crippen LogP contribution in [0.3, 0.4) is 0 Å². The van der Waals surface area contributed by atoms with Crippen LogP contribution in [0.25, 0.3) is 0 Å². The second kappa shape index (κ2) is 2.67. The molecule has 58 valence electrons. The molecule has 0 radical (unpaired) electrons. The summed E-state index contributed by atoms with van der Waals surface area (Å²) in [6.07, 6.45) is 2.39. The van der Waals surface area contributed by atoms with E-state index < -0.39 is 0 Å². The van der Waals surface area contributed by atoms with Crippen LogP contribution < -0.4 is 5.73 Å². The van der Waals surface area contributed by atoms with Crippen LogP contribution in [0.2, 0.25) is 0 Å². The van der Waals surface area contributed by atoms with Crippen LogP contribution in [0.15, 0.2) is 30.3 Å². The number of nitrogens with two attached hydrogens (primary N) is 1. The molecule has 11 heavy (non-hydrogen) atoms. The molecule has 0 aromatic heterocycles. The highest BCUT2D eigenvalue weighted by Crippen LogP contribution is 2.31. The molecular weight excluding hydrogens is 134 g/mol. The van der Waals surface area contributed by atoms with E-state index in [2.05, 4.69) is 30.3 Å². The topological polar surface area (TPSA) is 26.0 Å². The maximum atomic E-state index is 5.71. The Morgan fingerprint density at radius 1 is 1.27 bits per heavy atom. The fourth-order valence-corrected chi connectivity index (χ4v) is 1.42. The zero-order valence-electron chi connectivity index (χ0n) is 6.53. The fourth-order valence-electron chi connectivity index (χ4n) is 1.42. The van der Waals surface area contributed by atoms with Crippen molar-refractivity contribution in [2.75, 3.05) is 0 Å². The maximum absolute atomic E-state index is 5.71. The van der Waals surface area contributed by atoms with Crippen molar-refractivity contribution in [1.29, 1.82) is 0 Å². The molecule has 1 heteroatoms. The van der Waals surface area contributed by atoms with E-state index in [4.69, 9.17) is 5.73 Å². The van der Waals surface area contributed by atoms with Crippen molar-refractivity contribution in [2.45, 2.75) is 18.9 Å². The molecule has 2 N–H and O–H groups in total. The van der Waals surface area contributed by atoms with Crippen LogP contribution in [0, 0.1) is 5.92 Å². The molecule has 1 fully saturated rings. The molecule has 0 spiro atoms. The van der Waals surface area contributed by atoms with E-state index in [9.17, 15) is 0 Å². The van der Waals surface area contributed by atoms with Gasteiger partial charge in [-0.1, -0.05) is 30.3 Å². The van der Waals surface area contributed by atoms with Crippen molar-refractivity contribution in [3.63, 3.8) is 0 Å². The van der Waals surface area contributed by atoms with Gasteiger partial charge >= 0.3 is 0 Å². The highest BCUT2D eigenvalue weighted by atomic mass is 14.7. The molecule has 2 atom stereocenters. The van der Waals surface area contributed by atoms with Crippen LogP contribution >= 0.6 is 0 Å². The molecule has 0 bridgehead atoms. The molecule has 1 nitrogen and oxygen atoms in total. The van der Waals surface area contributed by atoms with E-state index in [1.807, 2.05) is 0 Å². The van der Waals surface area contributed by atoms with Gasteiger partial charge in [-0.3, -0.25) is 0 Å². The highest BCUT2D eigenvalue weighted by molar-refractivity contribution is 5.17. The average molecular weight is 147 g/mol. The van der Waals surface area contributed by atoms with Gasteiger partial charge in [-0.2, -0.15) is 0 Å². The third-order valence-electron chi connectivity index (χ3n) is 2.32. The molecule has 0 heterocycles. The smallest absolute Gasteiger partial charge is 0.00742 e. The number of rotatable bonds is 2. The van der Waals surface area contributed by atoms with Crippen LogP contribution in [0.5, 0.6) is 0 Å². The highest BCUT2D eigenvalue weighted by Gasteiger charge is 2.32. The Labute approximate surface area is 67.2 Å². The predicted molar refractivity (Wildman–Crippen MR) is 46.2 cm³/mol. The SMILES string of the molecule is N[C@@H]1C[C@H]1Cc1ccccc1. The van der Waals surface area contributed by atoms with Crippen LogP contribution in [0.1, 0.15) is 12.0 Å². The molecule has 1 aliphatic rings. The first-order valence-electron chi connectivity index (χ1n) is 4.16. The minimum Gasteiger partial charge on any atom is -0.327 e. The first-order valence-corrected chi connectivity index (χ1v) is 4.16. The molecule has 1 aliphatic carbocycles. The van der Waals surface area contributed by atoms with Gasteiger partial charge in [0, 0.05) is 6.04 Å². The molecule has 0 saturated heterocycles. The first-order chi connectivity index (χ1) is 5.36. The van der Waals surface area contributed by atoms with Gasteiger partial charge in [0.15, 0.2) is 0 Å². The maximum Gasteiger partial charge on any atom is 0.00742 e. The lowest BCUT2D eigenvalue weighted by molar-refractivity contribution is 0.786. The standard InChI is InChI=1S/C10H13N/c11-10-7-9(10)6-8-4-2-1-3-5-8/h1-5,9-10H,6-7,11H2/t9-,10-/m1/s1. The number of benzene rings is 1. The van der Waals surface area contributed by atoms with Crippen molar-refractivity contribution >= 4 is 0 Å². The predicted octanol–water partition coefficient (Wildman–Crippen LogP) is 1.58. The molecule has 0 amide bonds. The van der Waals surface area contributed by atoms with E-state index in [0.29, 0.717) is 6.04 Å². The lowest BCUT2D eigenvalue weighted by atomic mass is 10.1. The first kappa shape index (κ1) is 6.86. The van der Waals surface area contributed by atoms with Crippen LogP contribution in [-0.2, 0) is 6.42 Å². The van der Waals surface area contributed by atoms with Gasteiger partial charge < -0.3 is 5.73 Å². The Hall–Kier alpha value is -0.820. The summed E-state index contributed by atoms with van der Waals surface area (Å²) >= 11 is 0. The Morgan fingerprint density at radius 3 is 2.45 bits per heavy atom. The third-order valence-corrected chi connectivity index (χ3v) is 2.32. The van der Waals surface area contributed by atoms with Gasteiger partial charge in [0.1, 0.15) is 0 Å². The molecule has 1 aromatic carbocycles. The molecule has 0 aliphatic heterocycles. The fraction of sp³-hybridized carbons (Fsp3) is 0.400. The third kappa shape index (κ3) is 1.60. The normalized spacial score (nSPS) is 28.5. The van der Waals surface area contributed by atoms with E-state index in [1.54, 1.807) is 0 Å². The summed E-state index contributed by atoms with van der Waals surface area (Å²) in [6, 6.07) is 11.1. The zero-order valence-corrected chi connectivity index (χ0v) is 6.53. The summed E-state index contributed by atoms with van der Waals surface area (Å²) in [6.45, 7) is 0. The van der Waals surface area contributed by atoms with Gasteiger partial charge in [0.05, 0.1) is 0 Å². The summed E-state index contributed by atoms with van der Waals surface area (Å²) in [4.78, 5) is 0. The van der Waals surface area contributed by atoms with Crippen LogP contribution in [0.4, 0.5) is 0 Å². The quantitative estimate of drug-likeness (QED) is 0.675. The van der Waals surface area contributed by atoms with Gasteiger partial charge in [-0.05, 0) is 24.3 Å². The Morgan fingerprint density at radius 2 is 1.91 bits per heavy atom. The van der Waals surface area contributed by atoms with Gasteiger partial charge in [-0.25, -0.2) is 0 Å². The summed E-state index contributed by atoms with van der Waals surface area (Å²) in [7, 11) is 0. The minimum atomic E-state index is 0.482. The van der Waals surface area contributed by atoms with E-state index in [-0.39, 0.29) is 0 Å². The number of hydrogen-bond acceptors (Lipinski definition) is 1. The zero-order chi connectivity index (χ0) is 7.68. The Bertz CT molecular complexity index is 230. The minimum absolute atomic E-state index is 0.482. The average Bonchev–Trinajstić information content (AvgIpc) is 2.69. The molecule has 1 saturated carbocycles. The van der Waals surface area contributed by atoms with Gasteiger partial charge in [0.2, 0.25) is 0 Å². The lowest BCUT2D eigenvalue weighted by Crippen LogP contribution is -2.03. The molecule has 2 rings (SSSR count). The van der Waals surface area contributed by atoms with Crippen molar-refractivity contribution in [3.05, 3.63) is 35.9 Å². The summed E-state index contributed by atoms with van der Waals surface area (Å²) in [5, 5.41) is 0. The van der Waals surface area contributed by atoms with E-state index in [0.717, 1.165) is 5.92 Å². The monoisotopic (exact) mass is 147 g/mol. The molecule has 1 aromatic rings. The lowest BCUT2D eigenvalue weighted by Gasteiger charge is -1.96. The second-order valence-corrected chi connectivity index (χ2v) is 3.35. The summed E-state index contributed by atoms with van der Waals surface area (Å²) in [5.41, 5.74) is 7.14. The van der Waals surface area contributed by atoms with E-state index in [1.165, 1.54) is 18.4 Å². The summed E-state index contributed by atoms with van der Waals surface area (Å²) in [5.74, 6) is 0.761. The van der Waals surface area contributed by atoms with Gasteiger partial charge in [-0.15, -0.1) is 0 Å². The van der Waals surface area contributed by atoms with Crippen molar-refractivity contribution in [1.82, 2.24) is 0 Å². The van der Waals surface area contributed by atoms with Gasteiger partial charge in [0.25, 0.3) is 0 Å². The Balaban J connectivity index is 1.97.